The highest BCUT2D eigenvalue weighted by Gasteiger charge is 2.17. The molecule has 1 aliphatic heterocycles. The molecule has 2 N–H and O–H groups in total. The summed E-state index contributed by atoms with van der Waals surface area (Å²) in [6, 6.07) is 21.6. The van der Waals surface area contributed by atoms with Crippen molar-refractivity contribution in [1.29, 1.82) is 0 Å². The predicted molar refractivity (Wildman–Crippen MR) is 141 cm³/mol. The molecule has 35 heavy (non-hydrogen) atoms. The van der Waals surface area contributed by atoms with Crippen molar-refractivity contribution in [1.82, 2.24) is 15.2 Å². The Labute approximate surface area is 214 Å². The largest absolute Gasteiger partial charge is 0.503 e. The number of amides is 1. The van der Waals surface area contributed by atoms with Crippen LogP contribution in [0.2, 0.25) is 0 Å². The SMILES string of the molecule is COc1cc(/C=N\NC(=O)c2ccc(CN3CCN(Cc4ccccc4)CC3)cc2)cc(Br)c1O. The number of piperazine rings is 1. The minimum atomic E-state index is -0.285. The summed E-state index contributed by atoms with van der Waals surface area (Å²) < 4.78 is 5.61. The lowest BCUT2D eigenvalue weighted by atomic mass is 10.1. The third kappa shape index (κ3) is 6.91. The lowest BCUT2D eigenvalue weighted by Crippen LogP contribution is -2.45. The number of nitrogens with zero attached hydrogens (tertiary/aromatic N) is 3. The van der Waals surface area contributed by atoms with Gasteiger partial charge in [-0.05, 0) is 56.9 Å². The molecule has 3 aromatic rings. The summed E-state index contributed by atoms with van der Waals surface area (Å²) in [5, 5.41) is 13.9. The summed E-state index contributed by atoms with van der Waals surface area (Å²) >= 11 is 3.27. The van der Waals surface area contributed by atoms with Crippen molar-refractivity contribution >= 4 is 28.1 Å². The highest BCUT2D eigenvalue weighted by Crippen LogP contribution is 2.34. The molecule has 0 atom stereocenters. The average molecular weight is 537 g/mol. The summed E-state index contributed by atoms with van der Waals surface area (Å²) in [4.78, 5) is 17.4. The molecule has 0 aromatic heterocycles. The van der Waals surface area contributed by atoms with Crippen LogP contribution in [-0.2, 0) is 13.1 Å². The fourth-order valence-corrected chi connectivity index (χ4v) is 4.48. The molecule has 0 unspecified atom stereocenters. The monoisotopic (exact) mass is 536 g/mol. The predicted octanol–water partition coefficient (Wildman–Crippen LogP) is 4.25. The summed E-state index contributed by atoms with van der Waals surface area (Å²) in [6.45, 7) is 6.03. The Morgan fingerprint density at radius 3 is 2.20 bits per heavy atom. The van der Waals surface area contributed by atoms with Crippen molar-refractivity contribution < 1.29 is 14.6 Å². The van der Waals surface area contributed by atoms with Gasteiger partial charge in [0.1, 0.15) is 0 Å². The van der Waals surface area contributed by atoms with Gasteiger partial charge >= 0.3 is 0 Å². The second-order valence-corrected chi connectivity index (χ2v) is 9.34. The Hall–Kier alpha value is -3.20. The molecule has 0 spiro atoms. The fourth-order valence-electron chi connectivity index (χ4n) is 4.02. The lowest BCUT2D eigenvalue weighted by Gasteiger charge is -2.34. The number of hydrogen-bond acceptors (Lipinski definition) is 6. The van der Waals surface area contributed by atoms with Gasteiger partial charge in [0.15, 0.2) is 11.5 Å². The van der Waals surface area contributed by atoms with Crippen LogP contribution in [0.4, 0.5) is 0 Å². The van der Waals surface area contributed by atoms with E-state index in [2.05, 4.69) is 66.6 Å². The number of aromatic hydroxyl groups is 1. The van der Waals surface area contributed by atoms with Gasteiger partial charge in [-0.3, -0.25) is 14.6 Å². The van der Waals surface area contributed by atoms with Crippen molar-refractivity contribution in [2.75, 3.05) is 33.3 Å². The first kappa shape index (κ1) is 24.9. The standard InChI is InChI=1S/C27H29BrN4O3/c1-35-25-16-22(15-24(28)26(25)33)17-29-30-27(34)23-9-7-21(8-10-23)19-32-13-11-31(12-14-32)18-20-5-3-2-4-6-20/h2-10,15-17,33H,11-14,18-19H2,1H3,(H,30,34)/b29-17-. The van der Waals surface area contributed by atoms with Crippen LogP contribution in [0.5, 0.6) is 11.5 Å². The third-order valence-corrected chi connectivity index (χ3v) is 6.59. The van der Waals surface area contributed by atoms with Gasteiger partial charge in [-0.2, -0.15) is 5.10 Å². The van der Waals surface area contributed by atoms with Crippen LogP contribution in [0.1, 0.15) is 27.0 Å². The van der Waals surface area contributed by atoms with E-state index < -0.39 is 0 Å². The number of hydrogen-bond donors (Lipinski definition) is 2. The summed E-state index contributed by atoms with van der Waals surface area (Å²) in [5.74, 6) is 0.0512. The van der Waals surface area contributed by atoms with E-state index in [-0.39, 0.29) is 11.7 Å². The summed E-state index contributed by atoms with van der Waals surface area (Å²) in [7, 11) is 1.47. The molecule has 1 fully saturated rings. The van der Waals surface area contributed by atoms with Gasteiger partial charge in [0.25, 0.3) is 5.91 Å². The molecule has 0 aliphatic carbocycles. The molecular weight excluding hydrogens is 508 g/mol. The maximum atomic E-state index is 12.5. The molecule has 1 heterocycles. The van der Waals surface area contributed by atoms with E-state index in [9.17, 15) is 9.90 Å². The molecular formula is C27H29BrN4O3. The number of phenolic OH excluding ortho intramolecular Hbond substituents is 1. The maximum Gasteiger partial charge on any atom is 0.271 e. The van der Waals surface area contributed by atoms with Gasteiger partial charge in [0.2, 0.25) is 0 Å². The van der Waals surface area contributed by atoms with Crippen molar-refractivity contribution in [3.8, 4) is 11.5 Å². The molecule has 0 saturated carbocycles. The van der Waals surface area contributed by atoms with E-state index in [1.165, 1.54) is 24.5 Å². The lowest BCUT2D eigenvalue weighted by molar-refractivity contribution is 0.0955. The zero-order chi connectivity index (χ0) is 24.6. The molecule has 182 valence electrons. The van der Waals surface area contributed by atoms with E-state index in [0.717, 1.165) is 39.3 Å². The minimum absolute atomic E-state index is 0.0165. The number of halogens is 1. The van der Waals surface area contributed by atoms with Gasteiger partial charge in [0.05, 0.1) is 17.8 Å². The number of carbonyl (C=O) groups is 1. The van der Waals surface area contributed by atoms with Gasteiger partial charge in [-0.25, -0.2) is 5.43 Å². The molecule has 0 radical (unpaired) electrons. The Bertz CT molecular complexity index is 1160. The molecule has 1 saturated heterocycles. The summed E-state index contributed by atoms with van der Waals surface area (Å²) in [6.07, 6.45) is 1.50. The van der Waals surface area contributed by atoms with Gasteiger partial charge < -0.3 is 9.84 Å². The smallest absolute Gasteiger partial charge is 0.271 e. The molecule has 3 aromatic carbocycles. The van der Waals surface area contributed by atoms with Crippen molar-refractivity contribution in [2.24, 2.45) is 5.10 Å². The first-order valence-electron chi connectivity index (χ1n) is 11.5. The summed E-state index contributed by atoms with van der Waals surface area (Å²) in [5.41, 5.74) is 6.30. The highest BCUT2D eigenvalue weighted by molar-refractivity contribution is 9.10. The number of phenols is 1. The van der Waals surface area contributed by atoms with E-state index in [0.29, 0.717) is 21.3 Å². The first-order chi connectivity index (χ1) is 17.0. The quantitative estimate of drug-likeness (QED) is 0.332. The minimum Gasteiger partial charge on any atom is -0.503 e. The zero-order valence-corrected chi connectivity index (χ0v) is 21.2. The van der Waals surface area contributed by atoms with E-state index in [1.807, 2.05) is 24.3 Å². The second kappa shape index (κ2) is 12.0. The van der Waals surface area contributed by atoms with Crippen LogP contribution < -0.4 is 10.2 Å². The van der Waals surface area contributed by atoms with Gasteiger partial charge in [-0.1, -0.05) is 42.5 Å². The van der Waals surface area contributed by atoms with Crippen molar-refractivity contribution in [2.45, 2.75) is 13.1 Å². The number of rotatable bonds is 8. The molecule has 8 heteroatoms. The fraction of sp³-hybridized carbons (Fsp3) is 0.259. The number of carbonyl (C=O) groups excluding carboxylic acids is 1. The van der Waals surface area contributed by atoms with Crippen LogP contribution in [0.3, 0.4) is 0 Å². The average Bonchev–Trinajstić information content (AvgIpc) is 2.88. The maximum absolute atomic E-state index is 12.5. The molecule has 4 rings (SSSR count). The van der Waals surface area contributed by atoms with E-state index >= 15 is 0 Å². The number of ether oxygens (including phenoxy) is 1. The van der Waals surface area contributed by atoms with E-state index in [4.69, 9.17) is 4.74 Å². The number of benzene rings is 3. The second-order valence-electron chi connectivity index (χ2n) is 8.49. The highest BCUT2D eigenvalue weighted by atomic mass is 79.9. The Morgan fingerprint density at radius 2 is 1.60 bits per heavy atom. The van der Waals surface area contributed by atoms with E-state index in [1.54, 1.807) is 12.1 Å². The van der Waals surface area contributed by atoms with Crippen LogP contribution in [-0.4, -0.2) is 60.3 Å². The van der Waals surface area contributed by atoms with Crippen LogP contribution >= 0.6 is 15.9 Å². The van der Waals surface area contributed by atoms with Gasteiger partial charge in [0, 0.05) is 44.8 Å². The zero-order valence-electron chi connectivity index (χ0n) is 19.7. The third-order valence-electron chi connectivity index (χ3n) is 5.99. The number of hydrazone groups is 1. The normalized spacial score (nSPS) is 14.8. The van der Waals surface area contributed by atoms with Crippen LogP contribution in [0.25, 0.3) is 0 Å². The van der Waals surface area contributed by atoms with Crippen molar-refractivity contribution in [3.63, 3.8) is 0 Å². The van der Waals surface area contributed by atoms with Crippen molar-refractivity contribution in [3.05, 3.63) is 93.5 Å². The number of nitrogens with one attached hydrogen (secondary N) is 1. The van der Waals surface area contributed by atoms with Gasteiger partial charge in [-0.15, -0.1) is 0 Å². The first-order valence-corrected chi connectivity index (χ1v) is 12.3. The van der Waals surface area contributed by atoms with Crippen LogP contribution in [0, 0.1) is 0 Å². The molecule has 7 nitrogen and oxygen atoms in total. The molecule has 1 amide bonds. The topological polar surface area (TPSA) is 77.4 Å². The Balaban J connectivity index is 1.25. The van der Waals surface area contributed by atoms with Crippen LogP contribution in [0.15, 0.2) is 76.3 Å². The molecule has 1 aliphatic rings. The number of methoxy groups -OCH3 is 1. The Morgan fingerprint density at radius 1 is 1.00 bits per heavy atom. The molecule has 0 bridgehead atoms. The Kier molecular flexibility index (Phi) is 8.52.